The third-order valence-electron chi connectivity index (χ3n) is 3.48. The van der Waals surface area contributed by atoms with Crippen molar-refractivity contribution < 1.29 is 22.8 Å². The van der Waals surface area contributed by atoms with Crippen molar-refractivity contribution in [1.29, 1.82) is 0 Å². The van der Waals surface area contributed by atoms with Gasteiger partial charge in [0.25, 0.3) is 15.9 Å². The van der Waals surface area contributed by atoms with Crippen LogP contribution in [-0.4, -0.2) is 32.4 Å². The molecule has 0 bridgehead atoms. The molecule has 9 nitrogen and oxygen atoms in total. The number of carbonyl (C=O) groups is 3. The molecule has 0 aliphatic heterocycles. The first kappa shape index (κ1) is 20.9. The van der Waals surface area contributed by atoms with E-state index in [1.807, 2.05) is 6.07 Å². The summed E-state index contributed by atoms with van der Waals surface area (Å²) in [5.74, 6) is -1.28. The molecule has 2 rings (SSSR count). The molecule has 0 saturated heterocycles. The normalized spacial score (nSPS) is 11.8. The Morgan fingerprint density at radius 1 is 0.893 bits per heavy atom. The molecule has 2 aromatic carbocycles. The van der Waals surface area contributed by atoms with Crippen LogP contribution in [0.5, 0.6) is 0 Å². The fraction of sp³-hybridized carbons (Fsp3) is 0.167. The third kappa shape index (κ3) is 6.40. The fourth-order valence-electron chi connectivity index (χ4n) is 2.20. The molecule has 0 fully saturated rings. The highest BCUT2D eigenvalue weighted by Crippen LogP contribution is 2.06. The van der Waals surface area contributed by atoms with Crippen LogP contribution < -0.4 is 20.7 Å². The van der Waals surface area contributed by atoms with Crippen molar-refractivity contribution >= 4 is 27.9 Å². The number of benzene rings is 2. The van der Waals surface area contributed by atoms with Crippen LogP contribution in [0.2, 0.25) is 0 Å². The Labute approximate surface area is 162 Å². The predicted octanol–water partition coefficient (Wildman–Crippen LogP) is 0.453. The molecule has 0 aliphatic rings. The van der Waals surface area contributed by atoms with Gasteiger partial charge in [0.2, 0.25) is 5.91 Å². The summed E-state index contributed by atoms with van der Waals surface area (Å²) in [4.78, 5) is 35.6. The Hall–Kier alpha value is -3.40. The number of nitrogens with one attached hydrogen (secondary N) is 4. The van der Waals surface area contributed by atoms with Gasteiger partial charge in [-0.1, -0.05) is 48.5 Å². The minimum atomic E-state index is -4.12. The molecule has 0 radical (unpaired) electrons. The molecule has 28 heavy (non-hydrogen) atoms. The van der Waals surface area contributed by atoms with Crippen molar-refractivity contribution in [3.8, 4) is 0 Å². The summed E-state index contributed by atoms with van der Waals surface area (Å²) >= 11 is 0. The maximum atomic E-state index is 12.3. The van der Waals surface area contributed by atoms with Gasteiger partial charge in [-0.25, -0.2) is 17.9 Å². The second-order valence-electron chi connectivity index (χ2n) is 5.73. The minimum Gasteiger partial charge on any atom is -0.349 e. The van der Waals surface area contributed by atoms with Crippen LogP contribution in [0.15, 0.2) is 65.6 Å². The highest BCUT2D eigenvalue weighted by molar-refractivity contribution is 7.90. The summed E-state index contributed by atoms with van der Waals surface area (Å²) < 4.78 is 26.1. The number of amides is 4. The van der Waals surface area contributed by atoms with Crippen molar-refractivity contribution in [2.24, 2.45) is 0 Å². The van der Waals surface area contributed by atoms with Gasteiger partial charge >= 0.3 is 6.03 Å². The second-order valence-corrected chi connectivity index (χ2v) is 7.41. The van der Waals surface area contributed by atoms with E-state index in [0.29, 0.717) is 0 Å². The van der Waals surface area contributed by atoms with Crippen LogP contribution in [0.3, 0.4) is 0 Å². The van der Waals surface area contributed by atoms with Gasteiger partial charge in [-0.2, -0.15) is 0 Å². The zero-order chi connectivity index (χ0) is 20.6. The van der Waals surface area contributed by atoms with Gasteiger partial charge < -0.3 is 16.0 Å². The Morgan fingerprint density at radius 3 is 2.04 bits per heavy atom. The van der Waals surface area contributed by atoms with Gasteiger partial charge in [0, 0.05) is 13.5 Å². The third-order valence-corrected chi connectivity index (χ3v) is 4.82. The number of hydrogen-bond acceptors (Lipinski definition) is 5. The molecule has 0 aliphatic carbocycles. The summed E-state index contributed by atoms with van der Waals surface area (Å²) in [7, 11) is -4.12. The Morgan fingerprint density at radius 2 is 1.46 bits per heavy atom. The molecule has 4 N–H and O–H groups in total. The van der Waals surface area contributed by atoms with Gasteiger partial charge in [0.15, 0.2) is 6.17 Å². The SMILES string of the molecule is CC(=O)NC(NC(=O)NS(=O)(=O)c1ccccc1)C(=O)NCc1ccccc1. The van der Waals surface area contributed by atoms with Crippen LogP contribution in [0.4, 0.5) is 4.79 Å². The van der Waals surface area contributed by atoms with E-state index in [-0.39, 0.29) is 11.4 Å². The van der Waals surface area contributed by atoms with Crippen LogP contribution in [0, 0.1) is 0 Å². The Kier molecular flexibility index (Phi) is 7.10. The summed E-state index contributed by atoms with van der Waals surface area (Å²) in [5.41, 5.74) is 0.813. The van der Waals surface area contributed by atoms with Gasteiger partial charge in [0.05, 0.1) is 4.90 Å². The van der Waals surface area contributed by atoms with E-state index >= 15 is 0 Å². The molecule has 2 aromatic rings. The zero-order valence-electron chi connectivity index (χ0n) is 15.0. The molecular weight excluding hydrogens is 384 g/mol. The standard InChI is InChI=1S/C18H20N4O5S/c1-13(23)20-16(17(24)19-12-14-8-4-2-5-9-14)21-18(25)22-28(26,27)15-10-6-3-7-11-15/h2-11,16H,12H2,1H3,(H,19,24)(H,20,23)(H2,21,22,25). The molecular formula is C18H20N4O5S. The lowest BCUT2D eigenvalue weighted by atomic mass is 10.2. The van der Waals surface area contributed by atoms with Crippen molar-refractivity contribution in [2.45, 2.75) is 24.5 Å². The maximum Gasteiger partial charge on any atom is 0.330 e. The van der Waals surface area contributed by atoms with Gasteiger partial charge in [-0.3, -0.25) is 9.59 Å². The van der Waals surface area contributed by atoms with Crippen LogP contribution in [-0.2, 0) is 26.2 Å². The average Bonchev–Trinajstić information content (AvgIpc) is 2.66. The molecule has 0 heterocycles. The summed E-state index contributed by atoms with van der Waals surface area (Å²) in [6, 6.07) is 15.1. The Bertz CT molecular complexity index is 933. The number of urea groups is 1. The van der Waals surface area contributed by atoms with Crippen LogP contribution >= 0.6 is 0 Å². The largest absolute Gasteiger partial charge is 0.349 e. The quantitative estimate of drug-likeness (QED) is 0.497. The molecule has 0 aromatic heterocycles. The summed E-state index contributed by atoms with van der Waals surface area (Å²) in [5, 5.41) is 6.95. The summed E-state index contributed by atoms with van der Waals surface area (Å²) in [6.07, 6.45) is -1.45. The molecule has 4 amide bonds. The average molecular weight is 404 g/mol. The molecule has 1 unspecified atom stereocenters. The summed E-state index contributed by atoms with van der Waals surface area (Å²) in [6.45, 7) is 1.33. The zero-order valence-corrected chi connectivity index (χ0v) is 15.8. The van der Waals surface area contributed by atoms with E-state index in [1.165, 1.54) is 24.3 Å². The molecule has 0 spiro atoms. The van der Waals surface area contributed by atoms with Gasteiger partial charge in [-0.15, -0.1) is 0 Å². The first-order valence-corrected chi connectivity index (χ1v) is 9.73. The molecule has 10 heteroatoms. The molecule has 0 saturated carbocycles. The first-order chi connectivity index (χ1) is 13.3. The second kappa shape index (κ2) is 9.51. The van der Waals surface area contributed by atoms with Crippen molar-refractivity contribution in [1.82, 2.24) is 20.7 Å². The topological polar surface area (TPSA) is 133 Å². The first-order valence-electron chi connectivity index (χ1n) is 8.25. The van der Waals surface area contributed by atoms with E-state index in [2.05, 4.69) is 16.0 Å². The van der Waals surface area contributed by atoms with E-state index in [9.17, 15) is 22.8 Å². The van der Waals surface area contributed by atoms with Crippen LogP contribution in [0.25, 0.3) is 0 Å². The van der Waals surface area contributed by atoms with E-state index in [4.69, 9.17) is 0 Å². The van der Waals surface area contributed by atoms with E-state index < -0.39 is 34.0 Å². The highest BCUT2D eigenvalue weighted by atomic mass is 32.2. The number of rotatable bonds is 7. The highest BCUT2D eigenvalue weighted by Gasteiger charge is 2.24. The smallest absolute Gasteiger partial charge is 0.330 e. The van der Waals surface area contributed by atoms with Gasteiger partial charge in [-0.05, 0) is 17.7 Å². The lowest BCUT2D eigenvalue weighted by molar-refractivity contribution is -0.128. The van der Waals surface area contributed by atoms with Crippen molar-refractivity contribution in [3.05, 3.63) is 66.2 Å². The van der Waals surface area contributed by atoms with Gasteiger partial charge in [0.1, 0.15) is 0 Å². The van der Waals surface area contributed by atoms with E-state index in [0.717, 1.165) is 12.5 Å². The lowest BCUT2D eigenvalue weighted by Crippen LogP contribution is -2.58. The maximum absolute atomic E-state index is 12.3. The van der Waals surface area contributed by atoms with Crippen molar-refractivity contribution in [2.75, 3.05) is 0 Å². The minimum absolute atomic E-state index is 0.116. The number of carbonyl (C=O) groups excluding carboxylic acids is 3. The molecule has 148 valence electrons. The Balaban J connectivity index is 2.01. The fourth-order valence-corrected chi connectivity index (χ4v) is 3.13. The van der Waals surface area contributed by atoms with Crippen LogP contribution in [0.1, 0.15) is 12.5 Å². The monoisotopic (exact) mass is 404 g/mol. The number of hydrogen-bond donors (Lipinski definition) is 4. The molecule has 1 atom stereocenters. The van der Waals surface area contributed by atoms with E-state index in [1.54, 1.807) is 35.1 Å². The lowest BCUT2D eigenvalue weighted by Gasteiger charge is -2.19. The predicted molar refractivity (Wildman–Crippen MR) is 101 cm³/mol. The number of sulfonamides is 1. The van der Waals surface area contributed by atoms with Crippen molar-refractivity contribution in [3.63, 3.8) is 0 Å².